The van der Waals surface area contributed by atoms with Gasteiger partial charge in [0.1, 0.15) is 6.07 Å². The van der Waals surface area contributed by atoms with E-state index in [-0.39, 0.29) is 26.3 Å². The van der Waals surface area contributed by atoms with Gasteiger partial charge in [0.15, 0.2) is 12.3 Å². The minimum Gasteiger partial charge on any atom is -0.451 e. The Morgan fingerprint density at radius 3 is 2.62 bits per heavy atom. The van der Waals surface area contributed by atoms with Crippen molar-refractivity contribution in [3.63, 3.8) is 0 Å². The maximum Gasteiger partial charge on any atom is 0.359 e. The maximum absolute atomic E-state index is 11.9. The van der Waals surface area contributed by atoms with E-state index in [1.54, 1.807) is 24.3 Å². The van der Waals surface area contributed by atoms with Gasteiger partial charge < -0.3 is 10.1 Å². The molecule has 1 aromatic heterocycles. The number of halogens is 3. The fourth-order valence-electron chi connectivity index (χ4n) is 1.66. The number of aromatic nitrogens is 1. The Bertz CT molecular complexity index is 850. The number of esters is 1. The van der Waals surface area contributed by atoms with E-state index in [1.807, 2.05) is 6.07 Å². The molecule has 1 N–H and O–H groups in total. The highest BCUT2D eigenvalue weighted by atomic mass is 35.5. The van der Waals surface area contributed by atoms with Crippen LogP contribution < -0.4 is 5.32 Å². The Kier molecular flexibility index (Phi) is 5.99. The van der Waals surface area contributed by atoms with Crippen LogP contribution in [-0.4, -0.2) is 23.5 Å². The van der Waals surface area contributed by atoms with Crippen LogP contribution in [0.1, 0.15) is 16.1 Å². The predicted octanol–water partition coefficient (Wildman–Crippen LogP) is 3.71. The molecule has 2 aromatic rings. The number of benzene rings is 1. The van der Waals surface area contributed by atoms with E-state index in [4.69, 9.17) is 44.8 Å². The lowest BCUT2D eigenvalue weighted by Gasteiger charge is -2.08. The summed E-state index contributed by atoms with van der Waals surface area (Å²) in [6, 6.07) is 8.34. The first-order valence-electron chi connectivity index (χ1n) is 6.39. The molecule has 0 fully saturated rings. The molecule has 0 spiro atoms. The molecule has 0 aliphatic carbocycles. The highest BCUT2D eigenvalue weighted by Gasteiger charge is 2.19. The number of carbonyl (C=O) groups excluding carboxylic acids is 2. The smallest absolute Gasteiger partial charge is 0.359 e. The lowest BCUT2D eigenvalue weighted by atomic mass is 10.2. The quantitative estimate of drug-likeness (QED) is 0.811. The van der Waals surface area contributed by atoms with Gasteiger partial charge in [0, 0.05) is 6.20 Å². The highest BCUT2D eigenvalue weighted by molar-refractivity contribution is 6.48. The Balaban J connectivity index is 2.01. The number of ether oxygens (including phenoxy) is 1. The Labute approximate surface area is 151 Å². The number of nitrogens with one attached hydrogen (secondary N) is 1. The highest BCUT2D eigenvalue weighted by Crippen LogP contribution is 2.31. The van der Waals surface area contributed by atoms with E-state index >= 15 is 0 Å². The number of anilines is 1. The molecule has 1 heterocycles. The summed E-state index contributed by atoms with van der Waals surface area (Å²) in [5.41, 5.74) is 0.342. The molecule has 0 bridgehead atoms. The van der Waals surface area contributed by atoms with Gasteiger partial charge in [-0.1, -0.05) is 46.9 Å². The van der Waals surface area contributed by atoms with E-state index in [0.717, 1.165) is 6.20 Å². The number of hydrogen-bond acceptors (Lipinski definition) is 5. The van der Waals surface area contributed by atoms with Gasteiger partial charge in [-0.3, -0.25) is 4.79 Å². The lowest BCUT2D eigenvalue weighted by molar-refractivity contribution is -0.119. The topological polar surface area (TPSA) is 92.1 Å². The summed E-state index contributed by atoms with van der Waals surface area (Å²) in [7, 11) is 0. The number of rotatable bonds is 4. The lowest BCUT2D eigenvalue weighted by Crippen LogP contribution is -2.22. The third kappa shape index (κ3) is 4.15. The number of amides is 1. The van der Waals surface area contributed by atoms with Crippen LogP contribution in [0.2, 0.25) is 15.1 Å². The second-order valence-corrected chi connectivity index (χ2v) is 5.53. The zero-order valence-electron chi connectivity index (χ0n) is 11.8. The number of nitrogens with zero attached hydrogens (tertiary/aromatic N) is 2. The zero-order valence-corrected chi connectivity index (χ0v) is 14.1. The Morgan fingerprint density at radius 2 is 1.92 bits per heavy atom. The van der Waals surface area contributed by atoms with Gasteiger partial charge >= 0.3 is 5.97 Å². The minimum absolute atomic E-state index is 0.0346. The number of nitriles is 1. The first kappa shape index (κ1) is 18.0. The van der Waals surface area contributed by atoms with Gasteiger partial charge in [-0.25, -0.2) is 9.78 Å². The summed E-state index contributed by atoms with van der Waals surface area (Å²) in [5.74, 6) is -1.55. The van der Waals surface area contributed by atoms with Crippen LogP contribution in [0.15, 0.2) is 30.5 Å². The average molecular weight is 385 g/mol. The molecular weight excluding hydrogens is 377 g/mol. The molecule has 6 nitrogen and oxygen atoms in total. The largest absolute Gasteiger partial charge is 0.451 e. The SMILES string of the molecule is N#Cc1ccccc1NC(=O)COC(=O)c1ncc(Cl)c(Cl)c1Cl. The van der Waals surface area contributed by atoms with Crippen LogP contribution >= 0.6 is 34.8 Å². The van der Waals surface area contributed by atoms with Crippen molar-refractivity contribution in [2.24, 2.45) is 0 Å². The molecule has 9 heteroatoms. The normalized spacial score (nSPS) is 9.92. The van der Waals surface area contributed by atoms with E-state index in [0.29, 0.717) is 5.69 Å². The van der Waals surface area contributed by atoms with Crippen LogP contribution in [0.25, 0.3) is 0 Å². The van der Waals surface area contributed by atoms with Crippen LogP contribution in [-0.2, 0) is 9.53 Å². The molecule has 0 atom stereocenters. The van der Waals surface area contributed by atoms with Crippen molar-refractivity contribution in [1.82, 2.24) is 4.98 Å². The van der Waals surface area contributed by atoms with E-state index in [1.165, 1.54) is 0 Å². The second-order valence-electron chi connectivity index (χ2n) is 4.36. The van der Waals surface area contributed by atoms with Crippen LogP contribution in [0.3, 0.4) is 0 Å². The van der Waals surface area contributed by atoms with Gasteiger partial charge in [-0.15, -0.1) is 0 Å². The molecular formula is C15H8Cl3N3O3. The molecule has 0 unspecified atom stereocenters. The summed E-state index contributed by atoms with van der Waals surface area (Å²) in [6.45, 7) is -0.586. The summed E-state index contributed by atoms with van der Waals surface area (Å²) in [4.78, 5) is 27.5. The van der Waals surface area contributed by atoms with Crippen molar-refractivity contribution in [1.29, 1.82) is 5.26 Å². The first-order valence-corrected chi connectivity index (χ1v) is 7.53. The fraction of sp³-hybridized carbons (Fsp3) is 0.0667. The van der Waals surface area contributed by atoms with Gasteiger partial charge in [0.25, 0.3) is 5.91 Å². The monoisotopic (exact) mass is 383 g/mol. The van der Waals surface area contributed by atoms with Gasteiger partial charge in [0.2, 0.25) is 0 Å². The first-order chi connectivity index (χ1) is 11.4. The summed E-state index contributed by atoms with van der Waals surface area (Å²) in [5, 5.41) is 11.3. The van der Waals surface area contributed by atoms with Crippen molar-refractivity contribution in [3.8, 4) is 6.07 Å². The molecule has 0 aliphatic heterocycles. The molecule has 0 saturated carbocycles. The summed E-state index contributed by atoms with van der Waals surface area (Å²) >= 11 is 17.4. The van der Waals surface area contributed by atoms with E-state index in [9.17, 15) is 9.59 Å². The second kappa shape index (κ2) is 7.97. The van der Waals surface area contributed by atoms with Crippen LogP contribution in [0.5, 0.6) is 0 Å². The van der Waals surface area contributed by atoms with Crippen LogP contribution in [0.4, 0.5) is 5.69 Å². The molecule has 122 valence electrons. The van der Waals surface area contributed by atoms with Gasteiger partial charge in [0.05, 0.1) is 26.3 Å². The molecule has 1 aromatic carbocycles. The van der Waals surface area contributed by atoms with Gasteiger partial charge in [-0.05, 0) is 12.1 Å². The third-order valence-electron chi connectivity index (χ3n) is 2.77. The number of pyridine rings is 1. The molecule has 0 aliphatic rings. The van der Waals surface area contributed by atoms with Crippen LogP contribution in [0, 0.1) is 11.3 Å². The van der Waals surface area contributed by atoms with Crippen molar-refractivity contribution in [3.05, 3.63) is 56.8 Å². The molecule has 1 amide bonds. The standard InChI is InChI=1S/C15H8Cl3N3O3/c16-9-6-20-14(13(18)12(9)17)15(23)24-7-11(22)21-10-4-2-1-3-8(10)5-19/h1-4,6H,7H2,(H,21,22). The predicted molar refractivity (Wildman–Crippen MR) is 89.3 cm³/mol. The molecule has 0 saturated heterocycles. The zero-order chi connectivity index (χ0) is 17.7. The fourth-order valence-corrected chi connectivity index (χ4v) is 2.22. The van der Waals surface area contributed by atoms with Crippen molar-refractivity contribution in [2.75, 3.05) is 11.9 Å². The van der Waals surface area contributed by atoms with E-state index in [2.05, 4.69) is 10.3 Å². The average Bonchev–Trinajstić information content (AvgIpc) is 2.58. The molecule has 0 radical (unpaired) electrons. The number of carbonyl (C=O) groups is 2. The van der Waals surface area contributed by atoms with Crippen molar-refractivity contribution < 1.29 is 14.3 Å². The van der Waals surface area contributed by atoms with E-state index < -0.39 is 18.5 Å². The van der Waals surface area contributed by atoms with Crippen molar-refractivity contribution in [2.45, 2.75) is 0 Å². The summed E-state index contributed by atoms with van der Waals surface area (Å²) in [6.07, 6.45) is 1.15. The molecule has 2 rings (SSSR count). The maximum atomic E-state index is 11.9. The van der Waals surface area contributed by atoms with Crippen molar-refractivity contribution >= 4 is 52.4 Å². The Hall–Kier alpha value is -2.33. The number of hydrogen-bond donors (Lipinski definition) is 1. The number of para-hydroxylation sites is 1. The Morgan fingerprint density at radius 1 is 1.21 bits per heavy atom. The molecule has 24 heavy (non-hydrogen) atoms. The van der Waals surface area contributed by atoms with Gasteiger partial charge in [-0.2, -0.15) is 5.26 Å². The third-order valence-corrected chi connectivity index (χ3v) is 4.01. The summed E-state index contributed by atoms with van der Waals surface area (Å²) < 4.78 is 4.83. The minimum atomic E-state index is -0.928.